The Morgan fingerprint density at radius 2 is 1.72 bits per heavy atom. The Morgan fingerprint density at radius 1 is 0.917 bits per heavy atom. The summed E-state index contributed by atoms with van der Waals surface area (Å²) in [6, 6.07) is 12.4. The number of methoxy groups -OCH3 is 2. The number of rotatable bonds is 5. The van der Waals surface area contributed by atoms with Crippen LogP contribution in [0.25, 0.3) is 10.8 Å². The van der Waals surface area contributed by atoms with Gasteiger partial charge in [0.1, 0.15) is 5.75 Å². The number of ether oxygens (including phenoxy) is 2. The predicted molar refractivity (Wildman–Crippen MR) is 145 cm³/mol. The van der Waals surface area contributed by atoms with Gasteiger partial charge in [0.15, 0.2) is 5.78 Å². The molecule has 8 unspecified atom stereocenters. The van der Waals surface area contributed by atoms with E-state index in [1.807, 2.05) is 13.2 Å². The zero-order valence-corrected chi connectivity index (χ0v) is 22.7. The number of ketones is 1. The molecule has 194 valence electrons. The molecule has 4 saturated carbocycles. The number of carbonyl (C=O) groups excluding carboxylic acids is 1. The lowest BCUT2D eigenvalue weighted by Crippen LogP contribution is -2.56. The lowest BCUT2D eigenvalue weighted by Gasteiger charge is -2.61. The molecular formula is C33H44O3. The van der Waals surface area contributed by atoms with Crippen LogP contribution in [0.2, 0.25) is 0 Å². The van der Waals surface area contributed by atoms with Gasteiger partial charge in [0.05, 0.1) is 13.7 Å². The Labute approximate surface area is 217 Å². The van der Waals surface area contributed by atoms with Gasteiger partial charge in [-0.05, 0) is 121 Å². The number of benzene rings is 2. The third kappa shape index (κ3) is 3.67. The van der Waals surface area contributed by atoms with Crippen LogP contribution >= 0.6 is 0 Å². The van der Waals surface area contributed by atoms with E-state index in [9.17, 15) is 4.79 Å². The van der Waals surface area contributed by atoms with Crippen molar-refractivity contribution < 1.29 is 14.3 Å². The minimum Gasteiger partial charge on any atom is -0.497 e. The fourth-order valence-electron chi connectivity index (χ4n) is 9.95. The summed E-state index contributed by atoms with van der Waals surface area (Å²) in [5.41, 5.74) is 1.41. The van der Waals surface area contributed by atoms with Gasteiger partial charge < -0.3 is 9.47 Å². The summed E-state index contributed by atoms with van der Waals surface area (Å²) in [4.78, 5) is 14.0. The fourth-order valence-corrected chi connectivity index (χ4v) is 9.95. The van der Waals surface area contributed by atoms with Gasteiger partial charge in [-0.15, -0.1) is 0 Å². The van der Waals surface area contributed by atoms with Crippen molar-refractivity contribution in [1.82, 2.24) is 0 Å². The third-order valence-corrected chi connectivity index (χ3v) is 11.7. The van der Waals surface area contributed by atoms with Crippen molar-refractivity contribution in [3.63, 3.8) is 0 Å². The van der Waals surface area contributed by atoms with E-state index in [1.165, 1.54) is 51.4 Å². The van der Waals surface area contributed by atoms with Crippen molar-refractivity contribution in [3.05, 3.63) is 42.0 Å². The van der Waals surface area contributed by atoms with Crippen LogP contribution in [0.3, 0.4) is 0 Å². The second-order valence-electron chi connectivity index (χ2n) is 13.2. The van der Waals surface area contributed by atoms with Gasteiger partial charge in [-0.2, -0.15) is 0 Å². The number of hydrogen-bond acceptors (Lipinski definition) is 3. The molecule has 0 aliphatic heterocycles. The lowest BCUT2D eigenvalue weighted by molar-refractivity contribution is -0.148. The minimum absolute atomic E-state index is 0.135. The molecule has 6 rings (SSSR count). The van der Waals surface area contributed by atoms with Gasteiger partial charge in [0, 0.05) is 18.6 Å². The highest BCUT2D eigenvalue weighted by Crippen LogP contribution is 2.68. The van der Waals surface area contributed by atoms with Crippen LogP contribution in [0.4, 0.5) is 0 Å². The van der Waals surface area contributed by atoms with Gasteiger partial charge in [0.25, 0.3) is 0 Å². The maximum atomic E-state index is 14.0. The molecule has 36 heavy (non-hydrogen) atoms. The van der Waals surface area contributed by atoms with E-state index in [0.717, 1.165) is 58.8 Å². The largest absolute Gasteiger partial charge is 0.497 e. The quantitative estimate of drug-likeness (QED) is 0.401. The molecule has 3 nitrogen and oxygen atoms in total. The topological polar surface area (TPSA) is 35.5 Å². The first-order valence-electron chi connectivity index (χ1n) is 14.5. The second-order valence-corrected chi connectivity index (χ2v) is 13.2. The smallest absolute Gasteiger partial charge is 0.166 e. The van der Waals surface area contributed by atoms with Gasteiger partial charge >= 0.3 is 0 Å². The van der Waals surface area contributed by atoms with Gasteiger partial charge in [0.2, 0.25) is 0 Å². The van der Waals surface area contributed by atoms with Crippen LogP contribution in [0.15, 0.2) is 36.4 Å². The molecular weight excluding hydrogens is 444 g/mol. The minimum atomic E-state index is 0.135. The van der Waals surface area contributed by atoms with Crippen LogP contribution in [0.1, 0.15) is 82.0 Å². The standard InChI is InChI=1S/C33H44O3/c1-21-13-16-33(20-35-3)25(17-21)8-10-27-28-11-12-30(32(28,2)15-14-29(27)33)31(34)24-6-5-23-19-26(36-4)9-7-22(23)18-24/h5-7,9,18-19,21,25,27-30H,8,10-17,20H2,1-4H3. The normalized spacial score (nSPS) is 39.8. The molecule has 0 radical (unpaired) electrons. The molecule has 4 aliphatic carbocycles. The molecule has 2 aromatic rings. The summed E-state index contributed by atoms with van der Waals surface area (Å²) >= 11 is 0. The van der Waals surface area contributed by atoms with E-state index < -0.39 is 0 Å². The average molecular weight is 489 g/mol. The molecule has 2 aromatic carbocycles. The summed E-state index contributed by atoms with van der Waals surface area (Å²) in [5.74, 6) is 5.33. The Balaban J connectivity index is 1.27. The Hall–Kier alpha value is -1.87. The van der Waals surface area contributed by atoms with E-state index in [0.29, 0.717) is 17.1 Å². The van der Waals surface area contributed by atoms with Crippen LogP contribution < -0.4 is 4.74 Å². The van der Waals surface area contributed by atoms with Crippen LogP contribution in [0.5, 0.6) is 5.75 Å². The number of Topliss-reactive ketones (excluding diaryl/α,β-unsaturated/α-hetero) is 1. The average Bonchev–Trinajstić information content (AvgIpc) is 3.25. The van der Waals surface area contributed by atoms with Crippen LogP contribution in [-0.4, -0.2) is 26.6 Å². The number of fused-ring (bicyclic) bond motifs is 6. The molecule has 0 aromatic heterocycles. The summed E-state index contributed by atoms with van der Waals surface area (Å²) in [6.07, 6.45) is 11.6. The number of hydrogen-bond donors (Lipinski definition) is 0. The van der Waals surface area contributed by atoms with E-state index in [2.05, 4.69) is 44.2 Å². The molecule has 0 N–H and O–H groups in total. The third-order valence-electron chi connectivity index (χ3n) is 11.7. The van der Waals surface area contributed by atoms with Crippen molar-refractivity contribution >= 4 is 16.6 Å². The van der Waals surface area contributed by atoms with Crippen molar-refractivity contribution in [3.8, 4) is 5.75 Å². The van der Waals surface area contributed by atoms with E-state index in [1.54, 1.807) is 7.11 Å². The molecule has 8 atom stereocenters. The molecule has 0 spiro atoms. The van der Waals surface area contributed by atoms with Crippen molar-refractivity contribution in [2.75, 3.05) is 20.8 Å². The van der Waals surface area contributed by atoms with E-state index >= 15 is 0 Å². The van der Waals surface area contributed by atoms with Crippen LogP contribution in [0, 0.1) is 46.3 Å². The van der Waals surface area contributed by atoms with E-state index in [4.69, 9.17) is 9.47 Å². The van der Waals surface area contributed by atoms with Gasteiger partial charge in [-0.25, -0.2) is 0 Å². The fraction of sp³-hybridized carbons (Fsp3) is 0.667. The summed E-state index contributed by atoms with van der Waals surface area (Å²) < 4.78 is 11.3. The number of carbonyl (C=O) groups is 1. The first-order valence-corrected chi connectivity index (χ1v) is 14.5. The highest BCUT2D eigenvalue weighted by atomic mass is 16.5. The Bertz CT molecular complexity index is 1140. The molecule has 0 bridgehead atoms. The Kier molecular flexibility index (Phi) is 6.22. The first kappa shape index (κ1) is 24.5. The van der Waals surface area contributed by atoms with Crippen molar-refractivity contribution in [2.24, 2.45) is 46.3 Å². The van der Waals surface area contributed by atoms with Crippen LogP contribution in [-0.2, 0) is 4.74 Å². The van der Waals surface area contributed by atoms with Gasteiger partial charge in [-0.1, -0.05) is 38.5 Å². The molecule has 0 saturated heterocycles. The van der Waals surface area contributed by atoms with E-state index in [-0.39, 0.29) is 11.3 Å². The lowest BCUT2D eigenvalue weighted by atomic mass is 9.43. The highest BCUT2D eigenvalue weighted by molar-refractivity contribution is 6.02. The molecule has 0 heterocycles. The van der Waals surface area contributed by atoms with Gasteiger partial charge in [-0.3, -0.25) is 4.79 Å². The predicted octanol–water partition coefficient (Wildman–Crippen LogP) is 7.95. The molecule has 4 fully saturated rings. The molecule has 4 aliphatic rings. The summed E-state index contributed by atoms with van der Waals surface area (Å²) in [7, 11) is 3.62. The second kappa shape index (κ2) is 9.15. The summed E-state index contributed by atoms with van der Waals surface area (Å²) in [5, 5.41) is 2.25. The highest BCUT2D eigenvalue weighted by Gasteiger charge is 2.62. The summed E-state index contributed by atoms with van der Waals surface area (Å²) in [6.45, 7) is 5.88. The molecule has 0 amide bonds. The van der Waals surface area contributed by atoms with Crippen molar-refractivity contribution in [2.45, 2.75) is 71.6 Å². The SMILES string of the molecule is COCC12CCC(C)CC1CCC1C3CCC(C(=O)c4ccc5cc(OC)ccc5c4)C3(C)CCC12. The maximum Gasteiger partial charge on any atom is 0.166 e. The molecule has 3 heteroatoms. The Morgan fingerprint density at radius 3 is 2.53 bits per heavy atom. The maximum absolute atomic E-state index is 14.0. The first-order chi connectivity index (χ1) is 17.4. The zero-order valence-electron chi connectivity index (χ0n) is 22.7. The monoisotopic (exact) mass is 488 g/mol. The zero-order chi connectivity index (χ0) is 25.1. The van der Waals surface area contributed by atoms with Crippen molar-refractivity contribution in [1.29, 1.82) is 0 Å².